The highest BCUT2D eigenvalue weighted by molar-refractivity contribution is 5.83. The minimum Gasteiger partial charge on any atom is -0.468 e. The van der Waals surface area contributed by atoms with E-state index in [4.69, 9.17) is 10.5 Å². The van der Waals surface area contributed by atoms with Crippen LogP contribution in [0, 0.1) is 5.92 Å². The molecule has 110 valence electrons. The Morgan fingerprint density at radius 1 is 1.25 bits per heavy atom. The summed E-state index contributed by atoms with van der Waals surface area (Å²) in [6.07, 6.45) is 7.05. The van der Waals surface area contributed by atoms with Crippen molar-refractivity contribution in [2.24, 2.45) is 11.7 Å². The first-order chi connectivity index (χ1) is 9.73. The molecule has 2 N–H and O–H groups in total. The maximum Gasteiger partial charge on any atom is 0.317 e. The Labute approximate surface area is 121 Å². The van der Waals surface area contributed by atoms with E-state index in [2.05, 4.69) is 0 Å². The van der Waals surface area contributed by atoms with Gasteiger partial charge in [0, 0.05) is 6.54 Å². The van der Waals surface area contributed by atoms with Crippen LogP contribution in [-0.2, 0) is 14.9 Å². The molecule has 0 saturated heterocycles. The van der Waals surface area contributed by atoms with Gasteiger partial charge >= 0.3 is 5.97 Å². The zero-order chi connectivity index (χ0) is 14.4. The average Bonchev–Trinajstić information content (AvgIpc) is 2.53. The van der Waals surface area contributed by atoms with Crippen LogP contribution in [0.25, 0.3) is 0 Å². The van der Waals surface area contributed by atoms with Gasteiger partial charge < -0.3 is 10.5 Å². The molecule has 2 rings (SSSR count). The van der Waals surface area contributed by atoms with Gasteiger partial charge in [-0.3, -0.25) is 4.79 Å². The maximum atomic E-state index is 12.4. The van der Waals surface area contributed by atoms with E-state index in [9.17, 15) is 4.79 Å². The van der Waals surface area contributed by atoms with E-state index in [-0.39, 0.29) is 5.97 Å². The zero-order valence-corrected chi connectivity index (χ0v) is 12.3. The van der Waals surface area contributed by atoms with Gasteiger partial charge in [-0.15, -0.1) is 0 Å². The molecule has 20 heavy (non-hydrogen) atoms. The van der Waals surface area contributed by atoms with Crippen molar-refractivity contribution in [2.45, 2.75) is 43.9 Å². The molecule has 0 heterocycles. The van der Waals surface area contributed by atoms with E-state index < -0.39 is 5.41 Å². The third-order valence-corrected chi connectivity index (χ3v) is 4.61. The second-order valence-electron chi connectivity index (χ2n) is 5.85. The van der Waals surface area contributed by atoms with Gasteiger partial charge in [0.2, 0.25) is 0 Å². The maximum absolute atomic E-state index is 12.4. The van der Waals surface area contributed by atoms with E-state index in [1.54, 1.807) is 0 Å². The Bertz CT molecular complexity index is 426. The zero-order valence-electron chi connectivity index (χ0n) is 12.3. The van der Waals surface area contributed by atoms with Crippen molar-refractivity contribution >= 4 is 5.97 Å². The number of ether oxygens (including phenoxy) is 1. The summed E-state index contributed by atoms with van der Waals surface area (Å²) in [5.41, 5.74) is 6.34. The number of nitrogens with two attached hydrogens (primary N) is 1. The van der Waals surface area contributed by atoms with Gasteiger partial charge in [-0.2, -0.15) is 0 Å². The molecule has 3 nitrogen and oxygen atoms in total. The van der Waals surface area contributed by atoms with Crippen LogP contribution < -0.4 is 5.73 Å². The van der Waals surface area contributed by atoms with E-state index in [1.807, 2.05) is 30.3 Å². The normalized spacial score (nSPS) is 19.3. The number of methoxy groups -OCH3 is 1. The first-order valence-electron chi connectivity index (χ1n) is 7.57. The SMILES string of the molecule is COC(=O)C(CN)(CC1CCCCC1)c1ccccc1. The Morgan fingerprint density at radius 3 is 2.45 bits per heavy atom. The van der Waals surface area contributed by atoms with Gasteiger partial charge in [-0.25, -0.2) is 0 Å². The number of benzene rings is 1. The predicted octanol–water partition coefficient (Wildman–Crippen LogP) is 3.03. The van der Waals surface area contributed by atoms with Gasteiger partial charge in [-0.1, -0.05) is 62.4 Å². The average molecular weight is 275 g/mol. The molecule has 1 aromatic carbocycles. The van der Waals surface area contributed by atoms with Crippen LogP contribution in [0.3, 0.4) is 0 Å². The molecule has 0 amide bonds. The Kier molecular flexibility index (Phi) is 5.18. The van der Waals surface area contributed by atoms with E-state index in [1.165, 1.54) is 39.2 Å². The lowest BCUT2D eigenvalue weighted by Crippen LogP contribution is -2.45. The summed E-state index contributed by atoms with van der Waals surface area (Å²) < 4.78 is 5.08. The van der Waals surface area contributed by atoms with Gasteiger partial charge in [0.15, 0.2) is 0 Å². The van der Waals surface area contributed by atoms with Crippen molar-refractivity contribution in [1.29, 1.82) is 0 Å². The summed E-state index contributed by atoms with van der Waals surface area (Å²) in [7, 11) is 1.45. The lowest BCUT2D eigenvalue weighted by atomic mass is 9.70. The van der Waals surface area contributed by atoms with Gasteiger partial charge in [0.05, 0.1) is 7.11 Å². The highest BCUT2D eigenvalue weighted by Crippen LogP contribution is 2.37. The lowest BCUT2D eigenvalue weighted by Gasteiger charge is -2.35. The van der Waals surface area contributed by atoms with Crippen molar-refractivity contribution in [2.75, 3.05) is 13.7 Å². The Hall–Kier alpha value is -1.35. The van der Waals surface area contributed by atoms with Crippen LogP contribution in [0.2, 0.25) is 0 Å². The van der Waals surface area contributed by atoms with Crippen molar-refractivity contribution in [3.63, 3.8) is 0 Å². The smallest absolute Gasteiger partial charge is 0.317 e. The highest BCUT2D eigenvalue weighted by atomic mass is 16.5. The first kappa shape index (κ1) is 15.0. The van der Waals surface area contributed by atoms with Gasteiger partial charge in [0.25, 0.3) is 0 Å². The topological polar surface area (TPSA) is 52.3 Å². The number of hydrogen-bond acceptors (Lipinski definition) is 3. The van der Waals surface area contributed by atoms with E-state index >= 15 is 0 Å². The van der Waals surface area contributed by atoms with Gasteiger partial charge in [-0.05, 0) is 17.9 Å². The molecule has 0 bridgehead atoms. The van der Waals surface area contributed by atoms with Crippen LogP contribution >= 0.6 is 0 Å². The molecule has 1 aliphatic rings. The Balaban J connectivity index is 2.29. The number of carbonyl (C=O) groups excluding carboxylic acids is 1. The molecule has 0 spiro atoms. The van der Waals surface area contributed by atoms with Crippen LogP contribution in [-0.4, -0.2) is 19.6 Å². The second-order valence-corrected chi connectivity index (χ2v) is 5.85. The molecule has 0 radical (unpaired) electrons. The second kappa shape index (κ2) is 6.89. The summed E-state index contributed by atoms with van der Waals surface area (Å²) in [5, 5.41) is 0. The largest absolute Gasteiger partial charge is 0.468 e. The highest BCUT2D eigenvalue weighted by Gasteiger charge is 2.42. The lowest BCUT2D eigenvalue weighted by molar-refractivity contribution is -0.148. The summed E-state index contributed by atoms with van der Waals surface area (Å²) in [6.45, 7) is 0.306. The number of rotatable bonds is 5. The van der Waals surface area contributed by atoms with Gasteiger partial charge in [0.1, 0.15) is 5.41 Å². The minimum atomic E-state index is -0.683. The number of esters is 1. The molecule has 1 fully saturated rings. The standard InChI is InChI=1S/C17H25NO2/c1-20-16(19)17(13-18,15-10-6-3-7-11-15)12-14-8-4-2-5-9-14/h3,6-7,10-11,14H,2,4-5,8-9,12-13,18H2,1H3. The fourth-order valence-electron chi connectivity index (χ4n) is 3.44. The monoisotopic (exact) mass is 275 g/mol. The molecular formula is C17H25NO2. The van der Waals surface area contributed by atoms with Crippen LogP contribution in [0.5, 0.6) is 0 Å². The molecule has 1 saturated carbocycles. The number of hydrogen-bond donors (Lipinski definition) is 1. The minimum absolute atomic E-state index is 0.197. The summed E-state index contributed by atoms with van der Waals surface area (Å²) in [5.74, 6) is 0.378. The van der Waals surface area contributed by atoms with Crippen LogP contribution in [0.15, 0.2) is 30.3 Å². The van der Waals surface area contributed by atoms with E-state index in [0.29, 0.717) is 12.5 Å². The molecule has 0 aliphatic heterocycles. The quantitative estimate of drug-likeness (QED) is 0.840. The van der Waals surface area contributed by atoms with Crippen molar-refractivity contribution in [1.82, 2.24) is 0 Å². The van der Waals surface area contributed by atoms with Crippen molar-refractivity contribution in [3.05, 3.63) is 35.9 Å². The molecule has 3 heteroatoms. The van der Waals surface area contributed by atoms with Crippen LogP contribution in [0.4, 0.5) is 0 Å². The Morgan fingerprint density at radius 2 is 1.90 bits per heavy atom. The van der Waals surface area contributed by atoms with E-state index in [0.717, 1.165) is 12.0 Å². The fourth-order valence-corrected chi connectivity index (χ4v) is 3.44. The first-order valence-corrected chi connectivity index (χ1v) is 7.57. The summed E-state index contributed by atoms with van der Waals surface area (Å²) >= 11 is 0. The molecule has 1 unspecified atom stereocenters. The third-order valence-electron chi connectivity index (χ3n) is 4.61. The fraction of sp³-hybridized carbons (Fsp3) is 0.588. The molecule has 0 aromatic heterocycles. The molecule has 1 atom stereocenters. The van der Waals surface area contributed by atoms with Crippen LogP contribution in [0.1, 0.15) is 44.1 Å². The molecular weight excluding hydrogens is 250 g/mol. The molecule has 1 aromatic rings. The van der Waals surface area contributed by atoms with Crippen molar-refractivity contribution < 1.29 is 9.53 Å². The van der Waals surface area contributed by atoms with Crippen molar-refractivity contribution in [3.8, 4) is 0 Å². The number of carbonyl (C=O) groups is 1. The summed E-state index contributed by atoms with van der Waals surface area (Å²) in [4.78, 5) is 12.4. The predicted molar refractivity (Wildman–Crippen MR) is 80.4 cm³/mol. The summed E-state index contributed by atoms with van der Waals surface area (Å²) in [6, 6.07) is 9.87. The third kappa shape index (κ3) is 3.04. The molecule has 1 aliphatic carbocycles.